The number of carbonyl (C=O) groups is 1. The molecule has 0 aromatic heterocycles. The van der Waals surface area contributed by atoms with Crippen LogP contribution in [0.2, 0.25) is 0 Å². The van der Waals surface area contributed by atoms with Crippen LogP contribution in [0.4, 0.5) is 0 Å². The number of piperidine rings is 2. The van der Waals surface area contributed by atoms with Crippen molar-refractivity contribution in [2.45, 2.75) is 70.9 Å². The smallest absolute Gasteiger partial charge is 0.220 e. The lowest BCUT2D eigenvalue weighted by molar-refractivity contribution is -0.121. The van der Waals surface area contributed by atoms with E-state index in [0.717, 1.165) is 32.0 Å². The van der Waals surface area contributed by atoms with Crippen molar-refractivity contribution in [1.29, 1.82) is 0 Å². The van der Waals surface area contributed by atoms with Crippen LogP contribution in [-0.2, 0) is 4.79 Å². The molecular weight excluding hydrogens is 262 g/mol. The van der Waals surface area contributed by atoms with Crippen LogP contribution in [0.25, 0.3) is 0 Å². The highest BCUT2D eigenvalue weighted by Crippen LogP contribution is 2.19. The largest absolute Gasteiger partial charge is 0.355 e. The van der Waals surface area contributed by atoms with Crippen molar-refractivity contribution in [3.05, 3.63) is 0 Å². The maximum absolute atomic E-state index is 12.0. The number of nitrogens with one attached hydrogen (secondary N) is 2. The van der Waals surface area contributed by atoms with Crippen LogP contribution in [0.1, 0.15) is 58.8 Å². The van der Waals surface area contributed by atoms with Gasteiger partial charge < -0.3 is 10.6 Å². The molecule has 2 atom stereocenters. The van der Waals surface area contributed by atoms with Gasteiger partial charge in [0.1, 0.15) is 0 Å². The number of likely N-dealkylation sites (tertiary alicyclic amines) is 1. The lowest BCUT2D eigenvalue weighted by Gasteiger charge is -2.38. The molecule has 0 radical (unpaired) electrons. The van der Waals surface area contributed by atoms with E-state index in [1.807, 2.05) is 0 Å². The fourth-order valence-electron chi connectivity index (χ4n) is 3.75. The van der Waals surface area contributed by atoms with E-state index in [2.05, 4.69) is 29.4 Å². The molecule has 0 aromatic carbocycles. The van der Waals surface area contributed by atoms with Crippen molar-refractivity contribution in [2.24, 2.45) is 5.92 Å². The number of rotatable bonds is 6. The predicted octanol–water partition coefficient (Wildman–Crippen LogP) is 2.15. The van der Waals surface area contributed by atoms with Crippen LogP contribution in [0.5, 0.6) is 0 Å². The summed E-state index contributed by atoms with van der Waals surface area (Å²) >= 11 is 0. The zero-order chi connectivity index (χ0) is 15.1. The summed E-state index contributed by atoms with van der Waals surface area (Å²) in [4.78, 5) is 14.6. The maximum Gasteiger partial charge on any atom is 0.220 e. The van der Waals surface area contributed by atoms with E-state index >= 15 is 0 Å². The molecule has 2 aliphatic rings. The molecule has 0 spiro atoms. The summed E-state index contributed by atoms with van der Waals surface area (Å²) in [6, 6.07) is 1.13. The van der Waals surface area contributed by atoms with Gasteiger partial charge >= 0.3 is 0 Å². The van der Waals surface area contributed by atoms with Gasteiger partial charge in [0.15, 0.2) is 0 Å². The zero-order valence-corrected chi connectivity index (χ0v) is 13.9. The molecule has 2 N–H and O–H groups in total. The normalized spacial score (nSPS) is 26.5. The van der Waals surface area contributed by atoms with Gasteiger partial charge in [0.05, 0.1) is 0 Å². The molecule has 2 aliphatic heterocycles. The Hall–Kier alpha value is -0.610. The van der Waals surface area contributed by atoms with E-state index < -0.39 is 0 Å². The van der Waals surface area contributed by atoms with E-state index in [1.54, 1.807) is 0 Å². The maximum atomic E-state index is 12.0. The molecule has 122 valence electrons. The molecule has 21 heavy (non-hydrogen) atoms. The first-order valence-electron chi connectivity index (χ1n) is 8.90. The van der Waals surface area contributed by atoms with E-state index in [9.17, 15) is 4.79 Å². The fourth-order valence-corrected chi connectivity index (χ4v) is 3.75. The minimum Gasteiger partial charge on any atom is -0.355 e. The Bertz CT molecular complexity index is 315. The summed E-state index contributed by atoms with van der Waals surface area (Å²) in [6.45, 7) is 8.79. The Labute approximate surface area is 130 Å². The Balaban J connectivity index is 1.61. The van der Waals surface area contributed by atoms with Crippen LogP contribution in [0.3, 0.4) is 0 Å². The number of hydrogen-bond donors (Lipinski definition) is 2. The van der Waals surface area contributed by atoms with Crippen LogP contribution < -0.4 is 10.6 Å². The van der Waals surface area contributed by atoms with Gasteiger partial charge in [-0.25, -0.2) is 0 Å². The van der Waals surface area contributed by atoms with Gasteiger partial charge in [0, 0.05) is 25.0 Å². The van der Waals surface area contributed by atoms with Crippen molar-refractivity contribution in [2.75, 3.05) is 26.2 Å². The predicted molar refractivity (Wildman–Crippen MR) is 87.3 cm³/mol. The minimum absolute atomic E-state index is 0.241. The summed E-state index contributed by atoms with van der Waals surface area (Å²) in [5, 5.41) is 6.52. The number of nitrogens with zero attached hydrogens (tertiary/aromatic N) is 1. The fraction of sp³-hybridized carbons (Fsp3) is 0.941. The molecule has 2 unspecified atom stereocenters. The van der Waals surface area contributed by atoms with E-state index in [4.69, 9.17) is 0 Å². The second-order valence-electron chi connectivity index (χ2n) is 6.97. The average Bonchev–Trinajstić information content (AvgIpc) is 2.52. The summed E-state index contributed by atoms with van der Waals surface area (Å²) in [5.41, 5.74) is 0. The first-order valence-corrected chi connectivity index (χ1v) is 8.90. The highest BCUT2D eigenvalue weighted by Gasteiger charge is 2.23. The average molecular weight is 295 g/mol. The molecule has 2 fully saturated rings. The molecule has 0 saturated carbocycles. The Morgan fingerprint density at radius 2 is 2.05 bits per heavy atom. The summed E-state index contributed by atoms with van der Waals surface area (Å²) < 4.78 is 0. The molecule has 0 bridgehead atoms. The van der Waals surface area contributed by atoms with Crippen LogP contribution in [-0.4, -0.2) is 49.1 Å². The van der Waals surface area contributed by atoms with Gasteiger partial charge in [0.2, 0.25) is 5.91 Å². The third-order valence-electron chi connectivity index (χ3n) is 5.25. The summed E-state index contributed by atoms with van der Waals surface area (Å²) in [6.07, 6.45) is 8.18. The second kappa shape index (κ2) is 8.74. The third kappa shape index (κ3) is 5.59. The SMILES string of the molecule is CC1CCCCN1C(C)CNC(=O)CCC1CCNCC1. The Kier molecular flexibility index (Phi) is 6.97. The van der Waals surface area contributed by atoms with Crippen molar-refractivity contribution >= 4 is 5.91 Å². The molecule has 4 nitrogen and oxygen atoms in total. The lowest BCUT2D eigenvalue weighted by atomic mass is 9.93. The monoisotopic (exact) mass is 295 g/mol. The highest BCUT2D eigenvalue weighted by atomic mass is 16.1. The van der Waals surface area contributed by atoms with Gasteiger partial charge in [-0.05, 0) is 71.5 Å². The summed E-state index contributed by atoms with van der Waals surface area (Å²) in [7, 11) is 0. The van der Waals surface area contributed by atoms with Crippen molar-refractivity contribution in [1.82, 2.24) is 15.5 Å². The molecule has 4 heteroatoms. The number of amides is 1. The lowest BCUT2D eigenvalue weighted by Crippen LogP contribution is -2.48. The van der Waals surface area contributed by atoms with Crippen LogP contribution in [0, 0.1) is 5.92 Å². The first-order chi connectivity index (χ1) is 10.2. The third-order valence-corrected chi connectivity index (χ3v) is 5.25. The highest BCUT2D eigenvalue weighted by molar-refractivity contribution is 5.75. The molecule has 0 aliphatic carbocycles. The van der Waals surface area contributed by atoms with E-state index in [1.165, 1.54) is 38.6 Å². The molecule has 0 aromatic rings. The Morgan fingerprint density at radius 1 is 1.29 bits per heavy atom. The van der Waals surface area contributed by atoms with Crippen molar-refractivity contribution in [3.8, 4) is 0 Å². The first kappa shape index (κ1) is 16.8. The zero-order valence-electron chi connectivity index (χ0n) is 13.9. The number of hydrogen-bond acceptors (Lipinski definition) is 3. The van der Waals surface area contributed by atoms with Gasteiger partial charge in [-0.1, -0.05) is 6.42 Å². The van der Waals surface area contributed by atoms with E-state index in [-0.39, 0.29) is 5.91 Å². The topological polar surface area (TPSA) is 44.4 Å². The van der Waals surface area contributed by atoms with Gasteiger partial charge in [-0.2, -0.15) is 0 Å². The van der Waals surface area contributed by atoms with Crippen molar-refractivity contribution < 1.29 is 4.79 Å². The van der Waals surface area contributed by atoms with Gasteiger partial charge in [0.25, 0.3) is 0 Å². The van der Waals surface area contributed by atoms with Crippen LogP contribution in [0.15, 0.2) is 0 Å². The minimum atomic E-state index is 0.241. The number of carbonyl (C=O) groups excluding carboxylic acids is 1. The quantitative estimate of drug-likeness (QED) is 0.789. The molecule has 2 saturated heterocycles. The van der Waals surface area contributed by atoms with E-state index in [0.29, 0.717) is 18.5 Å². The molecule has 2 rings (SSSR count). The molecule has 1 amide bonds. The Morgan fingerprint density at radius 3 is 2.76 bits per heavy atom. The van der Waals surface area contributed by atoms with Crippen LogP contribution >= 0.6 is 0 Å². The second-order valence-corrected chi connectivity index (χ2v) is 6.97. The van der Waals surface area contributed by atoms with Gasteiger partial charge in [-0.3, -0.25) is 9.69 Å². The van der Waals surface area contributed by atoms with Crippen molar-refractivity contribution in [3.63, 3.8) is 0 Å². The summed E-state index contributed by atoms with van der Waals surface area (Å²) in [5.74, 6) is 0.988. The standard InChI is InChI=1S/C17H33N3O/c1-14-5-3-4-12-20(14)15(2)13-19-17(21)7-6-16-8-10-18-11-9-16/h14-16,18H,3-13H2,1-2H3,(H,19,21). The molecular formula is C17H33N3O. The molecule has 2 heterocycles. The van der Waals surface area contributed by atoms with Gasteiger partial charge in [-0.15, -0.1) is 0 Å².